The summed E-state index contributed by atoms with van der Waals surface area (Å²) >= 11 is 6.15. The third-order valence-corrected chi connectivity index (χ3v) is 4.60. The lowest BCUT2D eigenvalue weighted by Gasteiger charge is -2.41. The first-order valence-electron chi connectivity index (χ1n) is 6.94. The van der Waals surface area contributed by atoms with E-state index in [9.17, 15) is 9.59 Å². The highest BCUT2D eigenvalue weighted by atomic mass is 35.5. The normalized spacial score (nSPS) is 26.1. The van der Waals surface area contributed by atoms with E-state index in [1.54, 1.807) is 22.8 Å². The Morgan fingerprint density at radius 2 is 2.00 bits per heavy atom. The topological polar surface area (TPSA) is 40.6 Å². The van der Waals surface area contributed by atoms with Crippen molar-refractivity contribution in [3.8, 4) is 0 Å². The van der Waals surface area contributed by atoms with Gasteiger partial charge in [-0.3, -0.25) is 9.59 Å². The highest BCUT2D eigenvalue weighted by Crippen LogP contribution is 2.29. The minimum atomic E-state index is -0.409. The van der Waals surface area contributed by atoms with Crippen molar-refractivity contribution in [2.75, 3.05) is 6.54 Å². The second kappa shape index (κ2) is 5.09. The summed E-state index contributed by atoms with van der Waals surface area (Å²) in [7, 11) is 0. The Morgan fingerprint density at radius 1 is 1.25 bits per heavy atom. The van der Waals surface area contributed by atoms with Crippen LogP contribution in [0.25, 0.3) is 0 Å². The lowest BCUT2D eigenvalue weighted by molar-refractivity contribution is -0.159. The second-order valence-corrected chi connectivity index (χ2v) is 5.83. The zero-order valence-electron chi connectivity index (χ0n) is 11.4. The molecule has 2 saturated heterocycles. The van der Waals surface area contributed by atoms with Gasteiger partial charge in [-0.15, -0.1) is 0 Å². The minimum Gasteiger partial charge on any atom is -0.329 e. The zero-order valence-corrected chi connectivity index (χ0v) is 12.1. The highest BCUT2D eigenvalue weighted by Gasteiger charge is 2.45. The molecule has 106 valence electrons. The Bertz CT molecular complexity index is 561. The average Bonchev–Trinajstić information content (AvgIpc) is 2.93. The quantitative estimate of drug-likeness (QED) is 0.837. The first kappa shape index (κ1) is 13.4. The van der Waals surface area contributed by atoms with E-state index in [0.29, 0.717) is 18.1 Å². The van der Waals surface area contributed by atoms with Gasteiger partial charge in [0, 0.05) is 18.1 Å². The molecule has 0 aromatic heterocycles. The van der Waals surface area contributed by atoms with Gasteiger partial charge in [-0.05, 0) is 31.4 Å². The summed E-state index contributed by atoms with van der Waals surface area (Å²) < 4.78 is 0. The first-order valence-corrected chi connectivity index (χ1v) is 7.32. The van der Waals surface area contributed by atoms with Crippen molar-refractivity contribution in [2.24, 2.45) is 0 Å². The van der Waals surface area contributed by atoms with Gasteiger partial charge in [-0.2, -0.15) is 0 Å². The fraction of sp³-hybridized carbons (Fsp3) is 0.467. The Kier molecular flexibility index (Phi) is 3.42. The number of fused-ring (bicyclic) bond motifs is 1. The van der Waals surface area contributed by atoms with Crippen LogP contribution in [-0.4, -0.2) is 40.2 Å². The van der Waals surface area contributed by atoms with Gasteiger partial charge >= 0.3 is 0 Å². The van der Waals surface area contributed by atoms with Gasteiger partial charge in [0.15, 0.2) is 0 Å². The molecule has 0 N–H and O–H groups in total. The van der Waals surface area contributed by atoms with E-state index in [1.807, 2.05) is 18.2 Å². The van der Waals surface area contributed by atoms with Crippen LogP contribution in [0.3, 0.4) is 0 Å². The number of carbonyl (C=O) groups excluding carboxylic acids is 2. The number of hydrogen-bond donors (Lipinski definition) is 0. The maximum absolute atomic E-state index is 12.6. The molecule has 2 aliphatic heterocycles. The molecule has 0 aliphatic carbocycles. The van der Waals surface area contributed by atoms with Crippen molar-refractivity contribution >= 4 is 23.4 Å². The predicted molar refractivity (Wildman–Crippen MR) is 76.2 cm³/mol. The summed E-state index contributed by atoms with van der Waals surface area (Å²) in [4.78, 5) is 28.3. The standard InChI is InChI=1S/C15H17ClN2O2/c1-10-14(19)17-8-4-7-13(17)15(20)18(10)9-11-5-2-3-6-12(11)16/h2-3,5-6,10,13H,4,7-9H2,1H3. The third-order valence-electron chi connectivity index (χ3n) is 4.23. The fourth-order valence-electron chi connectivity index (χ4n) is 3.07. The maximum Gasteiger partial charge on any atom is 0.246 e. The number of hydrogen-bond acceptors (Lipinski definition) is 2. The van der Waals surface area contributed by atoms with Crippen LogP contribution >= 0.6 is 11.6 Å². The average molecular weight is 293 g/mol. The van der Waals surface area contributed by atoms with E-state index in [1.165, 1.54) is 0 Å². The smallest absolute Gasteiger partial charge is 0.246 e. The summed E-state index contributed by atoms with van der Waals surface area (Å²) in [6, 6.07) is 6.78. The maximum atomic E-state index is 12.6. The molecular formula is C15H17ClN2O2. The largest absolute Gasteiger partial charge is 0.329 e. The van der Waals surface area contributed by atoms with Crippen molar-refractivity contribution < 1.29 is 9.59 Å². The molecule has 0 spiro atoms. The minimum absolute atomic E-state index is 0.0505. The van der Waals surface area contributed by atoms with Crippen LogP contribution < -0.4 is 0 Å². The van der Waals surface area contributed by atoms with Crippen molar-refractivity contribution in [1.29, 1.82) is 0 Å². The number of benzene rings is 1. The molecule has 20 heavy (non-hydrogen) atoms. The van der Waals surface area contributed by atoms with E-state index in [0.717, 1.165) is 18.4 Å². The number of halogens is 1. The number of rotatable bonds is 2. The van der Waals surface area contributed by atoms with Crippen LogP contribution in [0.4, 0.5) is 0 Å². The summed E-state index contributed by atoms with van der Waals surface area (Å²) in [5.41, 5.74) is 0.883. The monoisotopic (exact) mass is 292 g/mol. The van der Waals surface area contributed by atoms with Gasteiger partial charge in [0.25, 0.3) is 0 Å². The highest BCUT2D eigenvalue weighted by molar-refractivity contribution is 6.31. The van der Waals surface area contributed by atoms with Crippen LogP contribution in [0.1, 0.15) is 25.3 Å². The zero-order chi connectivity index (χ0) is 14.3. The molecule has 1 aromatic rings. The molecule has 2 heterocycles. The van der Waals surface area contributed by atoms with Gasteiger partial charge in [-0.1, -0.05) is 29.8 Å². The molecule has 2 fully saturated rings. The van der Waals surface area contributed by atoms with E-state index in [4.69, 9.17) is 11.6 Å². The molecule has 2 amide bonds. The van der Waals surface area contributed by atoms with Crippen molar-refractivity contribution in [3.05, 3.63) is 34.9 Å². The summed E-state index contributed by atoms with van der Waals surface area (Å²) in [6.07, 6.45) is 1.69. The second-order valence-electron chi connectivity index (χ2n) is 5.42. The molecule has 0 bridgehead atoms. The van der Waals surface area contributed by atoms with Crippen LogP contribution in [-0.2, 0) is 16.1 Å². The van der Waals surface area contributed by atoms with E-state index in [2.05, 4.69) is 0 Å². The SMILES string of the molecule is CC1C(=O)N2CCCC2C(=O)N1Cc1ccccc1Cl. The molecule has 2 aliphatic rings. The molecule has 4 nitrogen and oxygen atoms in total. The molecule has 2 unspecified atom stereocenters. The van der Waals surface area contributed by atoms with Crippen molar-refractivity contribution in [1.82, 2.24) is 9.80 Å². The molecule has 5 heteroatoms. The molecule has 3 rings (SSSR count). The lowest BCUT2D eigenvalue weighted by Crippen LogP contribution is -2.61. The number of carbonyl (C=O) groups is 2. The Balaban J connectivity index is 1.87. The Hall–Kier alpha value is -1.55. The number of amides is 2. The predicted octanol–water partition coefficient (Wildman–Crippen LogP) is 2.06. The van der Waals surface area contributed by atoms with E-state index < -0.39 is 6.04 Å². The van der Waals surface area contributed by atoms with Gasteiger partial charge < -0.3 is 9.80 Å². The van der Waals surface area contributed by atoms with Crippen molar-refractivity contribution in [3.63, 3.8) is 0 Å². The lowest BCUT2D eigenvalue weighted by atomic mass is 10.0. The summed E-state index contributed by atoms with van der Waals surface area (Å²) in [5.74, 6) is 0.105. The van der Waals surface area contributed by atoms with Gasteiger partial charge in [0.1, 0.15) is 12.1 Å². The van der Waals surface area contributed by atoms with Crippen LogP contribution in [0.2, 0.25) is 5.02 Å². The summed E-state index contributed by atoms with van der Waals surface area (Å²) in [6.45, 7) is 2.90. The van der Waals surface area contributed by atoms with Crippen molar-refractivity contribution in [2.45, 2.75) is 38.4 Å². The number of nitrogens with zero attached hydrogens (tertiary/aromatic N) is 2. The third kappa shape index (κ3) is 2.08. The number of piperazine rings is 1. The molecule has 1 aromatic carbocycles. The Morgan fingerprint density at radius 3 is 2.75 bits per heavy atom. The van der Waals surface area contributed by atoms with Crippen LogP contribution in [0, 0.1) is 0 Å². The van der Waals surface area contributed by atoms with E-state index >= 15 is 0 Å². The Labute approximate surface area is 123 Å². The molecule has 0 radical (unpaired) electrons. The fourth-order valence-corrected chi connectivity index (χ4v) is 3.26. The molecule has 2 atom stereocenters. The van der Waals surface area contributed by atoms with Crippen LogP contribution in [0.15, 0.2) is 24.3 Å². The molecule has 0 saturated carbocycles. The first-order chi connectivity index (χ1) is 9.59. The van der Waals surface area contributed by atoms with Gasteiger partial charge in [0.2, 0.25) is 11.8 Å². The van der Waals surface area contributed by atoms with E-state index in [-0.39, 0.29) is 17.9 Å². The summed E-state index contributed by atoms with van der Waals surface area (Å²) in [5, 5.41) is 0.633. The molecular weight excluding hydrogens is 276 g/mol. The van der Waals surface area contributed by atoms with Gasteiger partial charge in [-0.25, -0.2) is 0 Å². The van der Waals surface area contributed by atoms with Gasteiger partial charge in [0.05, 0.1) is 0 Å². The van der Waals surface area contributed by atoms with Crippen LogP contribution in [0.5, 0.6) is 0 Å².